The average Bonchev–Trinajstić information content (AvgIpc) is 3.48. The highest BCUT2D eigenvalue weighted by atomic mass is 79.9. The van der Waals surface area contributed by atoms with Crippen molar-refractivity contribution in [2.45, 2.75) is 13.0 Å². The van der Waals surface area contributed by atoms with Crippen molar-refractivity contribution in [2.75, 3.05) is 6.54 Å². The Morgan fingerprint density at radius 1 is 1.14 bits per heavy atom. The lowest BCUT2D eigenvalue weighted by Gasteiger charge is -2.20. The van der Waals surface area contributed by atoms with Gasteiger partial charge in [0, 0.05) is 23.0 Å². The first-order chi connectivity index (χ1) is 13.7. The molecule has 3 aromatic heterocycles. The SMILES string of the molecule is O=C(c1cccs1)N(CCc1nc(-c2ccc(Br)cc2)no1)Cc1ccco1. The Kier molecular flexibility index (Phi) is 5.68. The number of nitrogens with zero attached hydrogens (tertiary/aromatic N) is 3. The van der Waals surface area contributed by atoms with E-state index >= 15 is 0 Å². The molecule has 0 aliphatic rings. The monoisotopic (exact) mass is 457 g/mol. The van der Waals surface area contributed by atoms with Crippen molar-refractivity contribution in [2.24, 2.45) is 0 Å². The molecule has 28 heavy (non-hydrogen) atoms. The van der Waals surface area contributed by atoms with Gasteiger partial charge in [0.25, 0.3) is 5.91 Å². The fourth-order valence-electron chi connectivity index (χ4n) is 2.70. The van der Waals surface area contributed by atoms with Crippen LogP contribution in [0, 0.1) is 0 Å². The zero-order chi connectivity index (χ0) is 19.3. The second-order valence-electron chi connectivity index (χ2n) is 6.05. The Labute approximate surface area is 173 Å². The van der Waals surface area contributed by atoms with Gasteiger partial charge in [0.15, 0.2) is 0 Å². The van der Waals surface area contributed by atoms with Crippen molar-refractivity contribution in [3.63, 3.8) is 0 Å². The molecular formula is C20H16BrN3O3S. The highest BCUT2D eigenvalue weighted by Gasteiger charge is 2.19. The predicted octanol–water partition coefficient (Wildman–Crippen LogP) is 5.04. The van der Waals surface area contributed by atoms with Gasteiger partial charge < -0.3 is 13.8 Å². The summed E-state index contributed by atoms with van der Waals surface area (Å²) in [5, 5.41) is 5.93. The first kappa shape index (κ1) is 18.6. The van der Waals surface area contributed by atoms with Crippen molar-refractivity contribution in [1.82, 2.24) is 15.0 Å². The predicted molar refractivity (Wildman–Crippen MR) is 109 cm³/mol. The summed E-state index contributed by atoms with van der Waals surface area (Å²) in [4.78, 5) is 19.7. The summed E-state index contributed by atoms with van der Waals surface area (Å²) >= 11 is 4.83. The zero-order valence-electron chi connectivity index (χ0n) is 14.7. The lowest BCUT2D eigenvalue weighted by Crippen LogP contribution is -2.32. The van der Waals surface area contributed by atoms with E-state index in [1.165, 1.54) is 11.3 Å². The Morgan fingerprint density at radius 3 is 2.71 bits per heavy atom. The van der Waals surface area contributed by atoms with Gasteiger partial charge in [-0.25, -0.2) is 0 Å². The number of aromatic nitrogens is 2. The van der Waals surface area contributed by atoms with Crippen molar-refractivity contribution in [3.05, 3.63) is 81.2 Å². The topological polar surface area (TPSA) is 72.4 Å². The van der Waals surface area contributed by atoms with Crippen molar-refractivity contribution < 1.29 is 13.7 Å². The van der Waals surface area contributed by atoms with Crippen LogP contribution in [-0.2, 0) is 13.0 Å². The van der Waals surface area contributed by atoms with Crippen LogP contribution < -0.4 is 0 Å². The Morgan fingerprint density at radius 2 is 2.00 bits per heavy atom. The molecule has 1 amide bonds. The molecule has 0 N–H and O–H groups in total. The van der Waals surface area contributed by atoms with Crippen LogP contribution in [0.3, 0.4) is 0 Å². The van der Waals surface area contributed by atoms with E-state index in [1.54, 1.807) is 11.2 Å². The van der Waals surface area contributed by atoms with E-state index in [4.69, 9.17) is 8.94 Å². The largest absolute Gasteiger partial charge is 0.467 e. The summed E-state index contributed by atoms with van der Waals surface area (Å²) < 4.78 is 11.8. The van der Waals surface area contributed by atoms with Crippen LogP contribution >= 0.6 is 27.3 Å². The summed E-state index contributed by atoms with van der Waals surface area (Å²) in [5.41, 5.74) is 0.875. The highest BCUT2D eigenvalue weighted by Crippen LogP contribution is 2.20. The van der Waals surface area contributed by atoms with Gasteiger partial charge >= 0.3 is 0 Å². The molecule has 0 unspecified atom stereocenters. The zero-order valence-corrected chi connectivity index (χ0v) is 17.1. The summed E-state index contributed by atoms with van der Waals surface area (Å²) in [5.74, 6) is 1.70. The number of hydrogen-bond donors (Lipinski definition) is 0. The number of carbonyl (C=O) groups is 1. The summed E-state index contributed by atoms with van der Waals surface area (Å²) in [6, 6.07) is 15.0. The number of halogens is 1. The summed E-state index contributed by atoms with van der Waals surface area (Å²) in [6.07, 6.45) is 2.06. The molecule has 142 valence electrons. The molecule has 8 heteroatoms. The minimum atomic E-state index is -0.0425. The second kappa shape index (κ2) is 8.53. The molecule has 6 nitrogen and oxygen atoms in total. The molecule has 0 spiro atoms. The van der Waals surface area contributed by atoms with Crippen molar-refractivity contribution >= 4 is 33.2 Å². The van der Waals surface area contributed by atoms with Crippen LogP contribution in [0.1, 0.15) is 21.3 Å². The normalized spacial score (nSPS) is 10.9. The van der Waals surface area contributed by atoms with Gasteiger partial charge in [-0.15, -0.1) is 11.3 Å². The van der Waals surface area contributed by atoms with Crippen molar-refractivity contribution in [3.8, 4) is 11.4 Å². The minimum absolute atomic E-state index is 0.0425. The maximum atomic E-state index is 12.8. The quantitative estimate of drug-likeness (QED) is 0.388. The standard InChI is InChI=1S/C20H16BrN3O3S/c21-15-7-5-14(6-8-15)19-22-18(27-23-19)9-10-24(13-16-3-1-11-26-16)20(25)17-4-2-12-28-17/h1-8,11-12H,9-10,13H2. The van der Waals surface area contributed by atoms with Gasteiger partial charge in [-0.05, 0) is 47.8 Å². The Balaban J connectivity index is 1.46. The van der Waals surface area contributed by atoms with Gasteiger partial charge in [-0.1, -0.05) is 27.2 Å². The molecular weight excluding hydrogens is 442 g/mol. The molecule has 0 aliphatic carbocycles. The van der Waals surface area contributed by atoms with E-state index in [-0.39, 0.29) is 5.91 Å². The molecule has 0 atom stereocenters. The van der Waals surface area contributed by atoms with E-state index in [0.29, 0.717) is 36.1 Å². The van der Waals surface area contributed by atoms with Gasteiger partial charge in [-0.3, -0.25) is 4.79 Å². The number of hydrogen-bond acceptors (Lipinski definition) is 6. The first-order valence-corrected chi connectivity index (χ1v) is 10.3. The molecule has 4 aromatic rings. The van der Waals surface area contributed by atoms with E-state index in [1.807, 2.05) is 53.9 Å². The van der Waals surface area contributed by atoms with E-state index < -0.39 is 0 Å². The molecule has 1 aromatic carbocycles. The van der Waals surface area contributed by atoms with Gasteiger partial charge in [-0.2, -0.15) is 4.98 Å². The van der Waals surface area contributed by atoms with Gasteiger partial charge in [0.1, 0.15) is 5.76 Å². The van der Waals surface area contributed by atoms with E-state index in [9.17, 15) is 4.79 Å². The fraction of sp³-hybridized carbons (Fsp3) is 0.150. The lowest BCUT2D eigenvalue weighted by atomic mass is 10.2. The average molecular weight is 458 g/mol. The third kappa shape index (κ3) is 4.40. The number of rotatable bonds is 7. The third-order valence-electron chi connectivity index (χ3n) is 4.11. The van der Waals surface area contributed by atoms with E-state index in [2.05, 4.69) is 26.1 Å². The Bertz CT molecular complexity index is 1030. The minimum Gasteiger partial charge on any atom is -0.467 e. The number of furan rings is 1. The van der Waals surface area contributed by atoms with Crippen LogP contribution in [0.4, 0.5) is 0 Å². The maximum absolute atomic E-state index is 12.8. The van der Waals surface area contributed by atoms with Crippen LogP contribution in [0.2, 0.25) is 0 Å². The first-order valence-electron chi connectivity index (χ1n) is 8.63. The smallest absolute Gasteiger partial charge is 0.264 e. The van der Waals surface area contributed by atoms with Crippen LogP contribution in [0.5, 0.6) is 0 Å². The molecule has 0 bridgehead atoms. The number of thiophene rings is 1. The summed E-state index contributed by atoms with van der Waals surface area (Å²) in [6.45, 7) is 0.830. The summed E-state index contributed by atoms with van der Waals surface area (Å²) in [7, 11) is 0. The molecule has 0 saturated heterocycles. The van der Waals surface area contributed by atoms with Crippen LogP contribution in [0.25, 0.3) is 11.4 Å². The van der Waals surface area contributed by atoms with Gasteiger partial charge in [0.2, 0.25) is 11.7 Å². The van der Waals surface area contributed by atoms with Crippen LogP contribution in [-0.4, -0.2) is 27.5 Å². The number of amides is 1. The molecule has 0 radical (unpaired) electrons. The van der Waals surface area contributed by atoms with Gasteiger partial charge in [0.05, 0.1) is 17.7 Å². The lowest BCUT2D eigenvalue weighted by molar-refractivity contribution is 0.0735. The number of carbonyl (C=O) groups excluding carboxylic acids is 1. The Hall–Kier alpha value is -2.71. The second-order valence-corrected chi connectivity index (χ2v) is 7.92. The molecule has 4 rings (SSSR count). The number of benzene rings is 1. The highest BCUT2D eigenvalue weighted by molar-refractivity contribution is 9.10. The van der Waals surface area contributed by atoms with Crippen molar-refractivity contribution in [1.29, 1.82) is 0 Å². The molecule has 0 fully saturated rings. The maximum Gasteiger partial charge on any atom is 0.264 e. The van der Waals surface area contributed by atoms with Crippen LogP contribution in [0.15, 0.2) is 73.6 Å². The fourth-order valence-corrected chi connectivity index (χ4v) is 3.66. The molecule has 0 saturated carbocycles. The van der Waals surface area contributed by atoms with E-state index in [0.717, 1.165) is 15.8 Å². The third-order valence-corrected chi connectivity index (χ3v) is 5.50. The molecule has 3 heterocycles. The molecule has 0 aliphatic heterocycles.